The molecule has 0 unspecified atom stereocenters. The van der Waals surface area contributed by atoms with Gasteiger partial charge in [-0.2, -0.15) is 4.98 Å². The van der Waals surface area contributed by atoms with E-state index in [1.807, 2.05) is 48.5 Å². The van der Waals surface area contributed by atoms with E-state index in [-0.39, 0.29) is 5.82 Å². The summed E-state index contributed by atoms with van der Waals surface area (Å²) in [4.78, 5) is 4.48. The molecule has 23 heavy (non-hydrogen) atoms. The molecule has 0 amide bonds. The summed E-state index contributed by atoms with van der Waals surface area (Å²) < 4.78 is 14.9. The van der Waals surface area contributed by atoms with Gasteiger partial charge in [0, 0.05) is 11.3 Å². The maximum Gasteiger partial charge on any atom is 0.247 e. The topological polar surface area (TPSA) is 42.2 Å². The number of rotatable bonds is 3. The van der Waals surface area contributed by atoms with E-state index in [4.69, 9.17) is 0 Å². The lowest BCUT2D eigenvalue weighted by Crippen LogP contribution is -1.95. The molecule has 0 bridgehead atoms. The standard InChI is InChI=1S/C18H13FN4/c19-14-11-9-13(10-12-14)16-7-4-8-17-21-18(22-23(16)17)20-15-5-2-1-3-6-15/h1-12H,(H,20,22). The SMILES string of the molecule is Fc1ccc(-c2cccc3nc(Nc4ccccc4)nn23)cc1. The molecular formula is C18H13FN4. The molecule has 4 aromatic rings. The van der Waals surface area contributed by atoms with Crippen molar-refractivity contribution in [1.29, 1.82) is 0 Å². The molecule has 0 aliphatic heterocycles. The first kappa shape index (κ1) is 13.5. The largest absolute Gasteiger partial charge is 0.323 e. The molecule has 112 valence electrons. The summed E-state index contributed by atoms with van der Waals surface area (Å²) in [5.41, 5.74) is 3.39. The van der Waals surface area contributed by atoms with Gasteiger partial charge in [-0.25, -0.2) is 8.91 Å². The van der Waals surface area contributed by atoms with E-state index in [0.29, 0.717) is 5.95 Å². The Morgan fingerprint density at radius 1 is 0.826 bits per heavy atom. The van der Waals surface area contributed by atoms with Gasteiger partial charge < -0.3 is 5.32 Å². The van der Waals surface area contributed by atoms with Gasteiger partial charge in [-0.05, 0) is 48.5 Å². The van der Waals surface area contributed by atoms with Crippen LogP contribution in [-0.2, 0) is 0 Å². The maximum absolute atomic E-state index is 13.1. The van der Waals surface area contributed by atoms with Gasteiger partial charge in [0.25, 0.3) is 0 Å². The van der Waals surface area contributed by atoms with E-state index in [2.05, 4.69) is 15.4 Å². The van der Waals surface area contributed by atoms with Crippen LogP contribution in [0.25, 0.3) is 16.9 Å². The first-order valence-corrected chi connectivity index (χ1v) is 7.23. The Balaban J connectivity index is 1.77. The van der Waals surface area contributed by atoms with Crippen LogP contribution < -0.4 is 5.32 Å². The summed E-state index contributed by atoms with van der Waals surface area (Å²) in [6.45, 7) is 0. The third kappa shape index (κ3) is 2.64. The van der Waals surface area contributed by atoms with Crippen molar-refractivity contribution >= 4 is 17.3 Å². The normalized spacial score (nSPS) is 10.8. The van der Waals surface area contributed by atoms with Crippen molar-refractivity contribution < 1.29 is 4.39 Å². The summed E-state index contributed by atoms with van der Waals surface area (Å²) >= 11 is 0. The minimum Gasteiger partial charge on any atom is -0.323 e. The van der Waals surface area contributed by atoms with Crippen LogP contribution in [0.3, 0.4) is 0 Å². The third-order valence-corrected chi connectivity index (χ3v) is 3.53. The Morgan fingerprint density at radius 2 is 1.61 bits per heavy atom. The van der Waals surface area contributed by atoms with Gasteiger partial charge in [0.2, 0.25) is 5.95 Å². The molecule has 0 radical (unpaired) electrons. The average molecular weight is 304 g/mol. The number of halogens is 1. The predicted octanol–water partition coefficient (Wildman–Crippen LogP) is 4.28. The van der Waals surface area contributed by atoms with Crippen LogP contribution in [0, 0.1) is 5.82 Å². The van der Waals surface area contributed by atoms with Crippen LogP contribution in [0.2, 0.25) is 0 Å². The van der Waals surface area contributed by atoms with Crippen molar-refractivity contribution in [2.75, 3.05) is 5.32 Å². The minimum atomic E-state index is -0.258. The summed E-state index contributed by atoms with van der Waals surface area (Å²) in [6, 6.07) is 21.8. The highest BCUT2D eigenvalue weighted by atomic mass is 19.1. The number of para-hydroxylation sites is 1. The number of hydrogen-bond acceptors (Lipinski definition) is 3. The average Bonchev–Trinajstić information content (AvgIpc) is 2.99. The zero-order valence-corrected chi connectivity index (χ0v) is 12.1. The number of pyridine rings is 1. The van der Waals surface area contributed by atoms with Crippen LogP contribution in [-0.4, -0.2) is 14.6 Å². The molecule has 2 heterocycles. The maximum atomic E-state index is 13.1. The molecule has 0 aliphatic rings. The molecule has 0 spiro atoms. The van der Waals surface area contributed by atoms with Crippen molar-refractivity contribution in [3.8, 4) is 11.3 Å². The van der Waals surface area contributed by atoms with Gasteiger partial charge in [0.1, 0.15) is 5.82 Å². The molecule has 1 N–H and O–H groups in total. The van der Waals surface area contributed by atoms with Crippen LogP contribution in [0.15, 0.2) is 72.8 Å². The Labute approximate surface area is 132 Å². The first-order chi connectivity index (χ1) is 11.3. The quantitative estimate of drug-likeness (QED) is 0.614. The lowest BCUT2D eigenvalue weighted by molar-refractivity contribution is 0.628. The van der Waals surface area contributed by atoms with E-state index < -0.39 is 0 Å². The Hall–Kier alpha value is -3.21. The number of aromatic nitrogens is 3. The summed E-state index contributed by atoms with van der Waals surface area (Å²) in [5.74, 6) is 0.261. The Bertz CT molecular complexity index is 946. The molecule has 5 heteroatoms. The van der Waals surface area contributed by atoms with Gasteiger partial charge in [-0.1, -0.05) is 24.3 Å². The number of fused-ring (bicyclic) bond motifs is 1. The zero-order valence-electron chi connectivity index (χ0n) is 12.1. The van der Waals surface area contributed by atoms with Crippen molar-refractivity contribution in [2.45, 2.75) is 0 Å². The zero-order chi connectivity index (χ0) is 15.6. The van der Waals surface area contributed by atoms with Crippen molar-refractivity contribution in [2.24, 2.45) is 0 Å². The monoisotopic (exact) mass is 304 g/mol. The lowest BCUT2D eigenvalue weighted by Gasteiger charge is -2.03. The molecule has 0 aliphatic carbocycles. The third-order valence-electron chi connectivity index (χ3n) is 3.53. The lowest BCUT2D eigenvalue weighted by atomic mass is 10.1. The van der Waals surface area contributed by atoms with Gasteiger partial charge in [-0.3, -0.25) is 0 Å². The van der Waals surface area contributed by atoms with Crippen molar-refractivity contribution in [3.05, 3.63) is 78.6 Å². The fraction of sp³-hybridized carbons (Fsp3) is 0. The highest BCUT2D eigenvalue weighted by Gasteiger charge is 2.09. The van der Waals surface area contributed by atoms with Crippen LogP contribution >= 0.6 is 0 Å². The van der Waals surface area contributed by atoms with E-state index in [1.165, 1.54) is 12.1 Å². The number of anilines is 2. The van der Waals surface area contributed by atoms with Gasteiger partial charge in [-0.15, -0.1) is 5.10 Å². The molecule has 0 saturated carbocycles. The van der Waals surface area contributed by atoms with Gasteiger partial charge in [0.15, 0.2) is 5.65 Å². The fourth-order valence-corrected chi connectivity index (χ4v) is 2.45. The molecule has 0 saturated heterocycles. The first-order valence-electron chi connectivity index (χ1n) is 7.23. The van der Waals surface area contributed by atoms with Crippen LogP contribution in [0.1, 0.15) is 0 Å². The molecule has 2 aromatic heterocycles. The van der Waals surface area contributed by atoms with E-state index >= 15 is 0 Å². The second-order valence-electron chi connectivity index (χ2n) is 5.11. The second-order valence-corrected chi connectivity index (χ2v) is 5.11. The smallest absolute Gasteiger partial charge is 0.247 e. The molecule has 0 fully saturated rings. The predicted molar refractivity (Wildman–Crippen MR) is 88.1 cm³/mol. The van der Waals surface area contributed by atoms with E-state index in [0.717, 1.165) is 22.6 Å². The molecule has 4 rings (SSSR count). The van der Waals surface area contributed by atoms with Crippen LogP contribution in [0.4, 0.5) is 16.0 Å². The molecule has 2 aromatic carbocycles. The molecular weight excluding hydrogens is 291 g/mol. The molecule has 4 nitrogen and oxygen atoms in total. The van der Waals surface area contributed by atoms with Crippen molar-refractivity contribution in [1.82, 2.24) is 14.6 Å². The Morgan fingerprint density at radius 3 is 2.39 bits per heavy atom. The van der Waals surface area contributed by atoms with E-state index in [9.17, 15) is 4.39 Å². The molecule has 0 atom stereocenters. The van der Waals surface area contributed by atoms with E-state index in [1.54, 1.807) is 16.6 Å². The van der Waals surface area contributed by atoms with Gasteiger partial charge >= 0.3 is 0 Å². The summed E-state index contributed by atoms with van der Waals surface area (Å²) in [5, 5.41) is 7.69. The number of hydrogen-bond donors (Lipinski definition) is 1. The second kappa shape index (κ2) is 5.53. The minimum absolute atomic E-state index is 0.258. The van der Waals surface area contributed by atoms with Gasteiger partial charge in [0.05, 0.1) is 5.69 Å². The summed E-state index contributed by atoms with van der Waals surface area (Å²) in [6.07, 6.45) is 0. The summed E-state index contributed by atoms with van der Waals surface area (Å²) in [7, 11) is 0. The Kier molecular flexibility index (Phi) is 3.24. The fourth-order valence-electron chi connectivity index (χ4n) is 2.45. The van der Waals surface area contributed by atoms with Crippen molar-refractivity contribution in [3.63, 3.8) is 0 Å². The highest BCUT2D eigenvalue weighted by Crippen LogP contribution is 2.22. The highest BCUT2D eigenvalue weighted by molar-refractivity contribution is 5.64. The number of nitrogens with one attached hydrogen (secondary N) is 1. The van der Waals surface area contributed by atoms with Crippen LogP contribution in [0.5, 0.6) is 0 Å². The number of benzene rings is 2. The number of nitrogens with zero attached hydrogens (tertiary/aromatic N) is 3.